The summed E-state index contributed by atoms with van der Waals surface area (Å²) in [4.78, 5) is 23.9. The molecule has 0 aliphatic rings. The average Bonchev–Trinajstić information content (AvgIpc) is 2.42. The minimum Gasteiger partial charge on any atom is -0.507 e. The summed E-state index contributed by atoms with van der Waals surface area (Å²) in [6.07, 6.45) is 0.785. The van der Waals surface area contributed by atoms with Crippen molar-refractivity contribution < 1.29 is 9.52 Å². The van der Waals surface area contributed by atoms with Gasteiger partial charge in [-0.1, -0.05) is 19.1 Å². The maximum atomic E-state index is 12.5. The topological polar surface area (TPSA) is 72.4 Å². The average molecular weight is 271 g/mol. The first kappa shape index (κ1) is 12.5. The third-order valence-electron chi connectivity index (χ3n) is 3.29. The van der Waals surface area contributed by atoms with Crippen molar-refractivity contribution in [1.29, 1.82) is 0 Å². The van der Waals surface area contributed by atoms with Gasteiger partial charge in [0.25, 0.3) is 5.56 Å². The predicted molar refractivity (Wildman–Crippen MR) is 76.2 cm³/mol. The zero-order valence-corrected chi connectivity index (χ0v) is 10.9. The predicted octanol–water partition coefficient (Wildman–Crippen LogP) is 2.22. The number of aromatic nitrogens is 1. The van der Waals surface area contributed by atoms with Gasteiger partial charge in [-0.3, -0.25) is 4.79 Å². The second-order valence-corrected chi connectivity index (χ2v) is 4.63. The summed E-state index contributed by atoms with van der Waals surface area (Å²) < 4.78 is 6.74. The van der Waals surface area contributed by atoms with Gasteiger partial charge >= 0.3 is 5.63 Å². The summed E-state index contributed by atoms with van der Waals surface area (Å²) in [5.74, 6) is -0.336. The van der Waals surface area contributed by atoms with Crippen LogP contribution in [0.3, 0.4) is 0 Å². The maximum Gasteiger partial charge on any atom is 0.339 e. The van der Waals surface area contributed by atoms with Crippen molar-refractivity contribution in [2.45, 2.75) is 19.9 Å². The molecule has 0 unspecified atom stereocenters. The smallest absolute Gasteiger partial charge is 0.339 e. The number of nitrogens with zero attached hydrogens (tertiary/aromatic N) is 1. The van der Waals surface area contributed by atoms with Crippen LogP contribution in [-0.2, 0) is 6.54 Å². The Labute approximate surface area is 113 Å². The second-order valence-electron chi connectivity index (χ2n) is 4.63. The summed E-state index contributed by atoms with van der Waals surface area (Å²) in [5, 5.41) is 10.6. The number of hydrogen-bond acceptors (Lipinski definition) is 4. The van der Waals surface area contributed by atoms with Gasteiger partial charge in [0.05, 0.1) is 11.6 Å². The Balaban J connectivity index is 2.66. The molecule has 1 aromatic carbocycles. The number of benzene rings is 1. The second kappa shape index (κ2) is 4.52. The van der Waals surface area contributed by atoms with Crippen LogP contribution in [0.15, 0.2) is 44.3 Å². The van der Waals surface area contributed by atoms with Crippen LogP contribution >= 0.6 is 0 Å². The Morgan fingerprint density at radius 1 is 1.25 bits per heavy atom. The fourth-order valence-corrected chi connectivity index (χ4v) is 2.47. The number of rotatable bonds is 2. The van der Waals surface area contributed by atoms with Crippen LogP contribution in [0.1, 0.15) is 13.3 Å². The Hall–Kier alpha value is -2.56. The van der Waals surface area contributed by atoms with Crippen molar-refractivity contribution in [1.82, 2.24) is 4.57 Å². The molecule has 0 aliphatic heterocycles. The third kappa shape index (κ3) is 1.71. The van der Waals surface area contributed by atoms with Crippen LogP contribution in [-0.4, -0.2) is 9.67 Å². The molecule has 0 fully saturated rings. The molecule has 0 spiro atoms. The number of fused-ring (bicyclic) bond motifs is 3. The standard InChI is InChI=1S/C15H13NO4/c1-2-7-16-10-6-4-3-5-9(10)14-13(15(16)19)11(17)8-12(18)20-14/h3-6,8,17H,2,7H2,1H3. The molecule has 5 nitrogen and oxygen atoms in total. The quantitative estimate of drug-likeness (QED) is 0.725. The SMILES string of the molecule is CCCn1c(=O)c2c(O)cc(=O)oc2c2ccccc21. The van der Waals surface area contributed by atoms with Crippen LogP contribution in [0, 0.1) is 0 Å². The zero-order valence-electron chi connectivity index (χ0n) is 10.9. The fraction of sp³-hybridized carbons (Fsp3) is 0.200. The van der Waals surface area contributed by atoms with Gasteiger partial charge in [0, 0.05) is 11.9 Å². The lowest BCUT2D eigenvalue weighted by Crippen LogP contribution is -2.21. The number of aryl methyl sites for hydroxylation is 1. The number of aromatic hydroxyl groups is 1. The molecule has 0 atom stereocenters. The lowest BCUT2D eigenvalue weighted by Gasteiger charge is -2.11. The largest absolute Gasteiger partial charge is 0.507 e. The van der Waals surface area contributed by atoms with E-state index in [1.54, 1.807) is 22.8 Å². The van der Waals surface area contributed by atoms with Gasteiger partial charge in [-0.25, -0.2) is 4.79 Å². The number of para-hydroxylation sites is 1. The van der Waals surface area contributed by atoms with E-state index in [0.29, 0.717) is 17.4 Å². The van der Waals surface area contributed by atoms with E-state index >= 15 is 0 Å². The first-order chi connectivity index (χ1) is 9.63. The fourth-order valence-electron chi connectivity index (χ4n) is 2.47. The summed E-state index contributed by atoms with van der Waals surface area (Å²) in [6, 6.07) is 8.11. The van der Waals surface area contributed by atoms with Gasteiger partial charge in [0.2, 0.25) is 0 Å². The number of hydrogen-bond donors (Lipinski definition) is 1. The number of pyridine rings is 1. The van der Waals surface area contributed by atoms with Gasteiger partial charge in [0.15, 0.2) is 5.58 Å². The van der Waals surface area contributed by atoms with E-state index in [1.165, 1.54) is 0 Å². The first-order valence-electron chi connectivity index (χ1n) is 6.42. The molecule has 0 bridgehead atoms. The lowest BCUT2D eigenvalue weighted by molar-refractivity contribution is 0.467. The molecule has 5 heteroatoms. The minimum absolute atomic E-state index is 0.0525. The highest BCUT2D eigenvalue weighted by atomic mass is 16.4. The summed E-state index contributed by atoms with van der Waals surface area (Å²) >= 11 is 0. The van der Waals surface area contributed by atoms with Crippen molar-refractivity contribution in [3.05, 3.63) is 51.1 Å². The monoisotopic (exact) mass is 271 g/mol. The van der Waals surface area contributed by atoms with E-state index in [0.717, 1.165) is 12.5 Å². The molecule has 0 aliphatic carbocycles. The molecule has 2 aromatic heterocycles. The minimum atomic E-state index is -0.673. The van der Waals surface area contributed by atoms with Gasteiger partial charge < -0.3 is 14.1 Å². The van der Waals surface area contributed by atoms with Gasteiger partial charge in [-0.15, -0.1) is 0 Å². The molecule has 0 saturated heterocycles. The van der Waals surface area contributed by atoms with Crippen molar-refractivity contribution in [2.24, 2.45) is 0 Å². The van der Waals surface area contributed by atoms with Crippen LogP contribution in [0.4, 0.5) is 0 Å². The Bertz CT molecular complexity index is 921. The summed E-state index contributed by atoms with van der Waals surface area (Å²) in [5.41, 5.74) is -0.182. The van der Waals surface area contributed by atoms with E-state index < -0.39 is 5.63 Å². The van der Waals surface area contributed by atoms with Crippen molar-refractivity contribution >= 4 is 21.9 Å². The normalized spacial score (nSPS) is 11.2. The highest BCUT2D eigenvalue weighted by molar-refractivity contribution is 6.03. The third-order valence-corrected chi connectivity index (χ3v) is 3.29. The Morgan fingerprint density at radius 3 is 2.75 bits per heavy atom. The molecule has 102 valence electrons. The molecule has 0 amide bonds. The maximum absolute atomic E-state index is 12.5. The van der Waals surface area contributed by atoms with E-state index in [9.17, 15) is 14.7 Å². The summed E-state index contributed by atoms with van der Waals surface area (Å²) in [7, 11) is 0. The van der Waals surface area contributed by atoms with Crippen LogP contribution in [0.2, 0.25) is 0 Å². The van der Waals surface area contributed by atoms with Gasteiger partial charge in [-0.05, 0) is 18.6 Å². The molecule has 3 rings (SSSR count). The van der Waals surface area contributed by atoms with E-state index in [2.05, 4.69) is 0 Å². The lowest BCUT2D eigenvalue weighted by atomic mass is 10.1. The molecule has 1 N–H and O–H groups in total. The van der Waals surface area contributed by atoms with Crippen molar-refractivity contribution in [3.63, 3.8) is 0 Å². The first-order valence-corrected chi connectivity index (χ1v) is 6.42. The van der Waals surface area contributed by atoms with Crippen molar-refractivity contribution in [2.75, 3.05) is 0 Å². The molecule has 2 heterocycles. The molecule has 3 aromatic rings. The van der Waals surface area contributed by atoms with Crippen LogP contribution in [0.5, 0.6) is 5.75 Å². The van der Waals surface area contributed by atoms with E-state index in [1.807, 2.05) is 13.0 Å². The zero-order chi connectivity index (χ0) is 14.3. The van der Waals surface area contributed by atoms with Crippen molar-refractivity contribution in [3.8, 4) is 5.75 Å². The van der Waals surface area contributed by atoms with Crippen LogP contribution in [0.25, 0.3) is 21.9 Å². The van der Waals surface area contributed by atoms with Crippen LogP contribution < -0.4 is 11.2 Å². The Morgan fingerprint density at radius 2 is 2.00 bits per heavy atom. The molecular weight excluding hydrogens is 258 g/mol. The highest BCUT2D eigenvalue weighted by Crippen LogP contribution is 2.26. The van der Waals surface area contributed by atoms with E-state index in [-0.39, 0.29) is 22.3 Å². The molecule has 20 heavy (non-hydrogen) atoms. The molecular formula is C15H13NO4. The van der Waals surface area contributed by atoms with Gasteiger partial charge in [0.1, 0.15) is 11.1 Å². The van der Waals surface area contributed by atoms with E-state index in [4.69, 9.17) is 4.42 Å². The Kier molecular flexibility index (Phi) is 2.82. The summed E-state index contributed by atoms with van der Waals surface area (Å²) in [6.45, 7) is 2.50. The molecule has 0 radical (unpaired) electrons. The highest BCUT2D eigenvalue weighted by Gasteiger charge is 2.16. The van der Waals surface area contributed by atoms with Gasteiger partial charge in [-0.2, -0.15) is 0 Å². The molecule has 0 saturated carbocycles.